The van der Waals surface area contributed by atoms with Crippen molar-refractivity contribution in [1.29, 1.82) is 0 Å². The summed E-state index contributed by atoms with van der Waals surface area (Å²) in [7, 11) is 0. The topological polar surface area (TPSA) is 28.1 Å². The second kappa shape index (κ2) is 6.15. The van der Waals surface area contributed by atoms with Crippen molar-refractivity contribution >= 4 is 23.7 Å². The number of rotatable bonds is 1. The highest BCUT2D eigenvalue weighted by Crippen LogP contribution is 2.09. The van der Waals surface area contributed by atoms with Gasteiger partial charge in [0.2, 0.25) is 0 Å². The molecule has 0 bridgehead atoms. The Bertz CT molecular complexity index is 258. The van der Waals surface area contributed by atoms with Gasteiger partial charge < -0.3 is 14.5 Å². The van der Waals surface area contributed by atoms with Crippen LogP contribution < -0.4 is 0 Å². The van der Waals surface area contributed by atoms with Gasteiger partial charge in [-0.25, -0.2) is 4.99 Å². The highest BCUT2D eigenvalue weighted by atomic mass is 32.1. The molecule has 0 atom stereocenters. The van der Waals surface area contributed by atoms with E-state index in [9.17, 15) is 0 Å². The van der Waals surface area contributed by atoms with Gasteiger partial charge in [0.1, 0.15) is 0 Å². The monoisotopic (exact) mass is 241 g/mol. The van der Waals surface area contributed by atoms with E-state index in [4.69, 9.17) is 17.0 Å². The maximum atomic E-state index is 5.31. The molecular formula is C11H19N3OS. The molecule has 2 saturated heterocycles. The van der Waals surface area contributed by atoms with Crippen LogP contribution in [0.3, 0.4) is 0 Å². The Hall–Kier alpha value is -0.680. The van der Waals surface area contributed by atoms with Crippen molar-refractivity contribution in [3.8, 4) is 0 Å². The molecule has 2 heterocycles. The molecule has 0 saturated carbocycles. The van der Waals surface area contributed by atoms with Gasteiger partial charge in [0.05, 0.1) is 19.6 Å². The Kier molecular flexibility index (Phi) is 4.54. The van der Waals surface area contributed by atoms with Gasteiger partial charge >= 0.3 is 0 Å². The Morgan fingerprint density at radius 3 is 2.44 bits per heavy atom. The fraction of sp³-hybridized carbons (Fsp3) is 0.818. The zero-order chi connectivity index (χ0) is 11.2. The van der Waals surface area contributed by atoms with E-state index in [1.165, 1.54) is 19.3 Å². The van der Waals surface area contributed by atoms with Crippen LogP contribution in [0, 0.1) is 0 Å². The van der Waals surface area contributed by atoms with Crippen molar-refractivity contribution in [2.24, 2.45) is 4.99 Å². The average molecular weight is 241 g/mol. The number of hydrogen-bond donors (Lipinski definition) is 0. The van der Waals surface area contributed by atoms with Gasteiger partial charge in [-0.15, -0.1) is 0 Å². The second-order valence-electron chi connectivity index (χ2n) is 4.22. The number of morpholine rings is 1. The van der Waals surface area contributed by atoms with Crippen molar-refractivity contribution in [2.75, 3.05) is 39.4 Å². The van der Waals surface area contributed by atoms with E-state index in [2.05, 4.69) is 14.8 Å². The zero-order valence-electron chi connectivity index (χ0n) is 9.60. The number of aliphatic imine (C=N–C) groups is 1. The number of likely N-dealkylation sites (tertiary alicyclic amines) is 1. The molecule has 0 unspecified atom stereocenters. The zero-order valence-corrected chi connectivity index (χ0v) is 10.4. The number of ether oxygens (including phenoxy) is 1. The number of piperidine rings is 1. The normalized spacial score (nSPS) is 22.8. The molecule has 0 N–H and O–H groups in total. The van der Waals surface area contributed by atoms with Crippen LogP contribution in [0.2, 0.25) is 0 Å². The summed E-state index contributed by atoms with van der Waals surface area (Å²) in [5.41, 5.74) is 0. The second-order valence-corrected chi connectivity index (χ2v) is 4.59. The summed E-state index contributed by atoms with van der Waals surface area (Å²) in [6.45, 7) is 5.57. The third-order valence-corrected chi connectivity index (χ3v) is 3.37. The predicted molar refractivity (Wildman–Crippen MR) is 68.9 cm³/mol. The lowest BCUT2D eigenvalue weighted by Gasteiger charge is -2.28. The Morgan fingerprint density at radius 2 is 1.75 bits per heavy atom. The van der Waals surface area contributed by atoms with Crippen LogP contribution in [-0.2, 0) is 4.74 Å². The van der Waals surface area contributed by atoms with E-state index < -0.39 is 0 Å². The number of hydrogen-bond acceptors (Lipinski definition) is 2. The van der Waals surface area contributed by atoms with Crippen LogP contribution in [0.25, 0.3) is 0 Å². The summed E-state index contributed by atoms with van der Waals surface area (Å²) < 4.78 is 5.28. The van der Waals surface area contributed by atoms with Crippen molar-refractivity contribution < 1.29 is 4.74 Å². The van der Waals surface area contributed by atoms with E-state index >= 15 is 0 Å². The summed E-state index contributed by atoms with van der Waals surface area (Å²) in [5.74, 6) is 0. The van der Waals surface area contributed by atoms with E-state index in [-0.39, 0.29) is 0 Å². The molecule has 16 heavy (non-hydrogen) atoms. The van der Waals surface area contributed by atoms with Crippen LogP contribution >= 0.6 is 12.2 Å². The van der Waals surface area contributed by atoms with Gasteiger partial charge in [-0.05, 0) is 31.5 Å². The summed E-state index contributed by atoms with van der Waals surface area (Å²) in [6.07, 6.45) is 5.69. The maximum Gasteiger partial charge on any atom is 0.196 e. The molecule has 2 aliphatic heterocycles. The molecule has 0 aromatic rings. The third kappa shape index (κ3) is 3.42. The lowest BCUT2D eigenvalue weighted by Crippen LogP contribution is -2.37. The van der Waals surface area contributed by atoms with Crippen LogP contribution in [0.4, 0.5) is 0 Å². The molecule has 2 rings (SSSR count). The quantitative estimate of drug-likeness (QED) is 0.391. The summed E-state index contributed by atoms with van der Waals surface area (Å²) in [5, 5.41) is 0.742. The van der Waals surface area contributed by atoms with Gasteiger partial charge in [-0.3, -0.25) is 0 Å². The molecule has 0 aromatic heterocycles. The van der Waals surface area contributed by atoms with Crippen molar-refractivity contribution in [3.05, 3.63) is 0 Å². The minimum Gasteiger partial charge on any atom is -0.378 e. The average Bonchev–Trinajstić information content (AvgIpc) is 2.38. The van der Waals surface area contributed by atoms with E-state index in [1.54, 1.807) is 0 Å². The lowest BCUT2D eigenvalue weighted by atomic mass is 10.1. The van der Waals surface area contributed by atoms with Crippen LogP contribution in [0.15, 0.2) is 4.99 Å². The summed E-state index contributed by atoms with van der Waals surface area (Å²) in [4.78, 5) is 8.74. The third-order valence-electron chi connectivity index (χ3n) is 3.00. The smallest absolute Gasteiger partial charge is 0.196 e. The molecule has 0 aromatic carbocycles. The summed E-state index contributed by atoms with van der Waals surface area (Å²) >= 11 is 5.31. The number of thiocarbonyl (C=S) groups is 1. The van der Waals surface area contributed by atoms with Gasteiger partial charge in [0.15, 0.2) is 5.11 Å². The first-order valence-corrected chi connectivity index (χ1v) is 6.42. The molecule has 0 radical (unpaired) electrons. The van der Waals surface area contributed by atoms with E-state index in [1.807, 2.05) is 6.34 Å². The molecule has 90 valence electrons. The molecule has 0 aliphatic carbocycles. The molecule has 5 heteroatoms. The van der Waals surface area contributed by atoms with Crippen LogP contribution in [-0.4, -0.2) is 60.6 Å². The number of nitrogens with zero attached hydrogens (tertiary/aromatic N) is 3. The highest BCUT2D eigenvalue weighted by molar-refractivity contribution is 7.80. The standard InChI is InChI=1S/C11H19N3OS/c16-11(14-4-2-1-3-5-14)12-10-13-6-8-15-9-7-13/h10H,1-9H2. The SMILES string of the molecule is S=C(N=CN1CCOCC1)N1CCCCC1. The van der Waals surface area contributed by atoms with Crippen molar-refractivity contribution in [1.82, 2.24) is 9.80 Å². The first-order chi connectivity index (χ1) is 7.86. The van der Waals surface area contributed by atoms with Crippen molar-refractivity contribution in [2.45, 2.75) is 19.3 Å². The Balaban J connectivity index is 1.78. The van der Waals surface area contributed by atoms with Gasteiger partial charge in [-0.1, -0.05) is 0 Å². The fourth-order valence-corrected chi connectivity index (χ4v) is 2.22. The molecule has 0 spiro atoms. The predicted octanol–water partition coefficient (Wildman–Crippen LogP) is 1.12. The van der Waals surface area contributed by atoms with Gasteiger partial charge in [0.25, 0.3) is 0 Å². The minimum absolute atomic E-state index is 0.742. The van der Waals surface area contributed by atoms with E-state index in [0.29, 0.717) is 0 Å². The fourth-order valence-electron chi connectivity index (χ4n) is 1.99. The molecule has 4 nitrogen and oxygen atoms in total. The minimum atomic E-state index is 0.742. The molecule has 2 fully saturated rings. The summed E-state index contributed by atoms with van der Waals surface area (Å²) in [6, 6.07) is 0. The molecular weight excluding hydrogens is 222 g/mol. The molecule has 2 aliphatic rings. The van der Waals surface area contributed by atoms with E-state index in [0.717, 1.165) is 44.5 Å². The lowest BCUT2D eigenvalue weighted by molar-refractivity contribution is 0.0701. The van der Waals surface area contributed by atoms with Crippen LogP contribution in [0.1, 0.15) is 19.3 Å². The maximum absolute atomic E-state index is 5.31. The van der Waals surface area contributed by atoms with Crippen LogP contribution in [0.5, 0.6) is 0 Å². The Morgan fingerprint density at radius 1 is 1.06 bits per heavy atom. The van der Waals surface area contributed by atoms with Crippen molar-refractivity contribution in [3.63, 3.8) is 0 Å². The van der Waals surface area contributed by atoms with Gasteiger partial charge in [-0.2, -0.15) is 0 Å². The largest absolute Gasteiger partial charge is 0.378 e. The molecule has 0 amide bonds. The Labute approximate surface area is 102 Å². The van der Waals surface area contributed by atoms with Gasteiger partial charge in [0, 0.05) is 26.2 Å². The first kappa shape index (κ1) is 11.8. The first-order valence-electron chi connectivity index (χ1n) is 6.01. The highest BCUT2D eigenvalue weighted by Gasteiger charge is 2.12.